The molecule has 0 radical (unpaired) electrons. The highest BCUT2D eigenvalue weighted by Crippen LogP contribution is 2.25. The fourth-order valence-corrected chi connectivity index (χ4v) is 2.86. The first-order valence-corrected chi connectivity index (χ1v) is 7.55. The first kappa shape index (κ1) is 13.6. The number of para-hydroxylation sites is 2. The maximum absolute atomic E-state index is 5.19. The molecule has 6 nitrogen and oxygen atoms in total. The Morgan fingerprint density at radius 1 is 1.00 bits per heavy atom. The van der Waals surface area contributed by atoms with E-state index in [1.807, 2.05) is 40.8 Å². The Bertz CT molecular complexity index is 968. The molecule has 23 heavy (non-hydrogen) atoms. The quantitative estimate of drug-likeness (QED) is 0.627. The van der Waals surface area contributed by atoms with Gasteiger partial charge in [-0.3, -0.25) is 0 Å². The number of hydrogen-bond acceptors (Lipinski definition) is 4. The van der Waals surface area contributed by atoms with Crippen molar-refractivity contribution < 1.29 is 4.74 Å². The van der Waals surface area contributed by atoms with Crippen molar-refractivity contribution in [2.45, 2.75) is 13.5 Å². The molecule has 4 aromatic rings. The molecule has 0 atom stereocenters. The number of aryl methyl sites for hydroxylation is 1. The van der Waals surface area contributed by atoms with Crippen LogP contribution >= 0.6 is 0 Å². The Morgan fingerprint density at radius 3 is 2.43 bits per heavy atom. The zero-order valence-electron chi connectivity index (χ0n) is 13.0. The third kappa shape index (κ3) is 2.11. The van der Waals surface area contributed by atoms with Crippen LogP contribution in [0.3, 0.4) is 0 Å². The van der Waals surface area contributed by atoms with Gasteiger partial charge in [-0.1, -0.05) is 12.1 Å². The van der Waals surface area contributed by atoms with Crippen molar-refractivity contribution >= 4 is 28.4 Å². The van der Waals surface area contributed by atoms with Crippen molar-refractivity contribution in [2.75, 3.05) is 12.4 Å². The van der Waals surface area contributed by atoms with Gasteiger partial charge in [0.2, 0.25) is 11.7 Å². The van der Waals surface area contributed by atoms with Gasteiger partial charge in [-0.25, -0.2) is 4.40 Å². The lowest BCUT2D eigenvalue weighted by Gasteiger charge is -2.05. The van der Waals surface area contributed by atoms with Crippen LogP contribution in [-0.4, -0.2) is 26.3 Å². The molecule has 0 unspecified atom stereocenters. The molecule has 2 aromatic heterocycles. The molecule has 0 amide bonds. The van der Waals surface area contributed by atoms with E-state index < -0.39 is 0 Å². The van der Waals surface area contributed by atoms with E-state index in [0.29, 0.717) is 5.95 Å². The third-order valence-corrected chi connectivity index (χ3v) is 3.96. The average molecular weight is 307 g/mol. The molecule has 2 heterocycles. The molecular formula is C17H17N5O. The molecule has 1 N–H and O–H groups in total. The normalized spacial score (nSPS) is 11.2. The van der Waals surface area contributed by atoms with Crippen LogP contribution in [0.5, 0.6) is 5.75 Å². The van der Waals surface area contributed by atoms with Gasteiger partial charge in [-0.2, -0.15) is 0 Å². The fraction of sp³-hybridized carbons (Fsp3) is 0.176. The molecule has 0 saturated carbocycles. The number of benzene rings is 2. The van der Waals surface area contributed by atoms with Gasteiger partial charge in [0.25, 0.3) is 0 Å². The van der Waals surface area contributed by atoms with E-state index in [-0.39, 0.29) is 0 Å². The monoisotopic (exact) mass is 307 g/mol. The first-order chi connectivity index (χ1) is 11.3. The van der Waals surface area contributed by atoms with E-state index in [1.165, 1.54) is 0 Å². The summed E-state index contributed by atoms with van der Waals surface area (Å²) in [6.07, 6.45) is 0. The predicted molar refractivity (Wildman–Crippen MR) is 90.4 cm³/mol. The Hall–Kier alpha value is -3.02. The molecule has 0 aliphatic heterocycles. The average Bonchev–Trinajstić information content (AvgIpc) is 3.14. The number of nitrogens with one attached hydrogen (secondary N) is 1. The van der Waals surface area contributed by atoms with E-state index in [9.17, 15) is 0 Å². The van der Waals surface area contributed by atoms with Gasteiger partial charge in [-0.15, -0.1) is 10.2 Å². The molecule has 0 aliphatic rings. The van der Waals surface area contributed by atoms with Crippen LogP contribution in [0, 0.1) is 0 Å². The number of methoxy groups -OCH3 is 1. The van der Waals surface area contributed by atoms with Crippen molar-refractivity contribution in [3.8, 4) is 5.75 Å². The lowest BCUT2D eigenvalue weighted by molar-refractivity contribution is 0.415. The van der Waals surface area contributed by atoms with Gasteiger partial charge in [0.1, 0.15) is 5.75 Å². The third-order valence-electron chi connectivity index (χ3n) is 3.96. The summed E-state index contributed by atoms with van der Waals surface area (Å²) in [4.78, 5) is 0. The lowest BCUT2D eigenvalue weighted by Crippen LogP contribution is -1.96. The van der Waals surface area contributed by atoms with E-state index in [2.05, 4.69) is 39.1 Å². The minimum atomic E-state index is 0.702. The van der Waals surface area contributed by atoms with Gasteiger partial charge in [0.05, 0.1) is 18.1 Å². The van der Waals surface area contributed by atoms with Crippen LogP contribution in [0.15, 0.2) is 48.5 Å². The lowest BCUT2D eigenvalue weighted by atomic mass is 10.3. The van der Waals surface area contributed by atoms with Crippen molar-refractivity contribution in [1.29, 1.82) is 0 Å². The predicted octanol–water partition coefficient (Wildman–Crippen LogP) is 3.46. The standard InChI is InChI=1S/C17H17N5O/c1-3-21-14-6-4-5-7-15(14)22-16(19-20-17(21)22)18-12-8-10-13(23-2)11-9-12/h4-11H,3H2,1-2H3,(H,18,19). The maximum atomic E-state index is 5.19. The van der Waals surface area contributed by atoms with Gasteiger partial charge in [0, 0.05) is 12.2 Å². The summed E-state index contributed by atoms with van der Waals surface area (Å²) >= 11 is 0. The van der Waals surface area contributed by atoms with Gasteiger partial charge < -0.3 is 14.6 Å². The summed E-state index contributed by atoms with van der Waals surface area (Å²) in [5.74, 6) is 2.36. The first-order valence-electron chi connectivity index (χ1n) is 7.55. The maximum Gasteiger partial charge on any atom is 0.238 e. The summed E-state index contributed by atoms with van der Waals surface area (Å²) in [7, 11) is 1.66. The molecule has 116 valence electrons. The number of aromatic nitrogens is 4. The van der Waals surface area contributed by atoms with Crippen LogP contribution in [0.1, 0.15) is 6.92 Å². The second kappa shape index (κ2) is 5.31. The zero-order chi connectivity index (χ0) is 15.8. The smallest absolute Gasteiger partial charge is 0.238 e. The van der Waals surface area contributed by atoms with Crippen LogP contribution in [0.4, 0.5) is 11.6 Å². The minimum absolute atomic E-state index is 0.702. The molecule has 4 rings (SSSR count). The van der Waals surface area contributed by atoms with Crippen LogP contribution < -0.4 is 10.1 Å². The molecular weight excluding hydrogens is 290 g/mol. The summed E-state index contributed by atoms with van der Waals surface area (Å²) in [5, 5.41) is 12.0. The Labute approximate surface area is 133 Å². The van der Waals surface area contributed by atoms with Crippen LogP contribution in [0.2, 0.25) is 0 Å². The number of rotatable bonds is 4. The summed E-state index contributed by atoms with van der Waals surface area (Å²) in [6, 6.07) is 16.0. The van der Waals surface area contributed by atoms with Crippen molar-refractivity contribution in [3.63, 3.8) is 0 Å². The topological polar surface area (TPSA) is 56.4 Å². The number of nitrogens with zero attached hydrogens (tertiary/aromatic N) is 4. The van der Waals surface area contributed by atoms with E-state index >= 15 is 0 Å². The van der Waals surface area contributed by atoms with Gasteiger partial charge in [-0.05, 0) is 43.3 Å². The number of hydrogen-bond donors (Lipinski definition) is 1. The summed E-state index contributed by atoms with van der Waals surface area (Å²) in [6.45, 7) is 2.95. The second-order valence-electron chi connectivity index (χ2n) is 5.25. The Kier molecular flexibility index (Phi) is 3.15. The zero-order valence-corrected chi connectivity index (χ0v) is 13.0. The fourth-order valence-electron chi connectivity index (χ4n) is 2.86. The number of anilines is 2. The van der Waals surface area contributed by atoms with Crippen molar-refractivity contribution in [3.05, 3.63) is 48.5 Å². The molecule has 0 fully saturated rings. The van der Waals surface area contributed by atoms with Gasteiger partial charge in [0.15, 0.2) is 0 Å². The second-order valence-corrected chi connectivity index (χ2v) is 5.25. The molecule has 0 spiro atoms. The van der Waals surface area contributed by atoms with E-state index in [0.717, 1.165) is 34.8 Å². The molecule has 0 saturated heterocycles. The number of fused-ring (bicyclic) bond motifs is 3. The highest BCUT2D eigenvalue weighted by molar-refractivity contribution is 5.82. The minimum Gasteiger partial charge on any atom is -0.497 e. The van der Waals surface area contributed by atoms with Crippen LogP contribution in [0.25, 0.3) is 16.8 Å². The summed E-state index contributed by atoms with van der Waals surface area (Å²) < 4.78 is 9.38. The van der Waals surface area contributed by atoms with E-state index in [1.54, 1.807) is 7.11 Å². The number of imidazole rings is 1. The Balaban J connectivity index is 1.84. The SMILES string of the molecule is CCn1c2ccccc2n2c(Nc3ccc(OC)cc3)nnc12. The largest absolute Gasteiger partial charge is 0.497 e. The Morgan fingerprint density at radius 2 is 1.74 bits per heavy atom. The number of ether oxygens (including phenoxy) is 1. The van der Waals surface area contributed by atoms with E-state index in [4.69, 9.17) is 4.74 Å². The highest BCUT2D eigenvalue weighted by Gasteiger charge is 2.15. The molecule has 0 aliphatic carbocycles. The van der Waals surface area contributed by atoms with Gasteiger partial charge >= 0.3 is 0 Å². The van der Waals surface area contributed by atoms with Crippen molar-refractivity contribution in [1.82, 2.24) is 19.2 Å². The van der Waals surface area contributed by atoms with Crippen LogP contribution in [-0.2, 0) is 6.54 Å². The van der Waals surface area contributed by atoms with Crippen molar-refractivity contribution in [2.24, 2.45) is 0 Å². The molecule has 6 heteroatoms. The summed E-state index contributed by atoms with van der Waals surface area (Å²) in [5.41, 5.74) is 3.18. The molecule has 0 bridgehead atoms. The highest BCUT2D eigenvalue weighted by atomic mass is 16.5. The molecule has 2 aromatic carbocycles.